The van der Waals surface area contributed by atoms with Crippen molar-refractivity contribution in [2.24, 2.45) is 0 Å². The minimum atomic E-state index is -0.255. The van der Waals surface area contributed by atoms with Crippen molar-refractivity contribution in [3.8, 4) is 5.75 Å². The Morgan fingerprint density at radius 1 is 1.40 bits per heavy atom. The van der Waals surface area contributed by atoms with Gasteiger partial charge in [0.15, 0.2) is 0 Å². The van der Waals surface area contributed by atoms with Gasteiger partial charge in [0.2, 0.25) is 11.8 Å². The van der Waals surface area contributed by atoms with Crippen LogP contribution < -0.4 is 10.1 Å². The maximum Gasteiger partial charge on any atom is 0.243 e. The fourth-order valence-corrected chi connectivity index (χ4v) is 1.99. The molecule has 0 aliphatic heterocycles. The lowest BCUT2D eigenvalue weighted by Gasteiger charge is -2.19. The summed E-state index contributed by atoms with van der Waals surface area (Å²) in [6.07, 6.45) is 0.807. The molecule has 6 heteroatoms. The predicted octanol–water partition coefficient (Wildman–Crippen LogP) is 2.55. The first-order valence-electron chi connectivity index (χ1n) is 6.36. The average Bonchev–Trinajstić information content (AvgIpc) is 2.38. The van der Waals surface area contributed by atoms with E-state index in [-0.39, 0.29) is 18.4 Å². The van der Waals surface area contributed by atoms with Crippen molar-refractivity contribution in [3.05, 3.63) is 23.2 Å². The lowest BCUT2D eigenvalue weighted by Crippen LogP contribution is -2.37. The molecule has 5 nitrogen and oxygen atoms in total. The Labute approximate surface area is 123 Å². The summed E-state index contributed by atoms with van der Waals surface area (Å²) < 4.78 is 5.04. The Balaban J connectivity index is 2.66. The Morgan fingerprint density at radius 3 is 2.60 bits per heavy atom. The zero-order valence-corrected chi connectivity index (χ0v) is 12.7. The van der Waals surface area contributed by atoms with Crippen LogP contribution in [0, 0.1) is 0 Å². The highest BCUT2D eigenvalue weighted by molar-refractivity contribution is 6.32. The van der Waals surface area contributed by atoms with Crippen LogP contribution >= 0.6 is 11.6 Å². The number of hydrogen-bond donors (Lipinski definition) is 1. The molecule has 0 aliphatic carbocycles. The third-order valence-electron chi connectivity index (χ3n) is 2.71. The fourth-order valence-electron chi connectivity index (χ4n) is 1.74. The van der Waals surface area contributed by atoms with Gasteiger partial charge in [-0.05, 0) is 24.6 Å². The SMILES string of the molecule is CCCN(CC(=O)Nc1ccc(OC)c(Cl)c1)C(C)=O. The van der Waals surface area contributed by atoms with Gasteiger partial charge in [0, 0.05) is 19.2 Å². The van der Waals surface area contributed by atoms with E-state index in [1.807, 2.05) is 6.92 Å². The molecule has 1 N–H and O–H groups in total. The molecule has 0 aromatic heterocycles. The molecule has 0 spiro atoms. The number of anilines is 1. The number of hydrogen-bond acceptors (Lipinski definition) is 3. The molecule has 0 heterocycles. The molecule has 1 rings (SSSR count). The van der Waals surface area contributed by atoms with Gasteiger partial charge >= 0.3 is 0 Å². The van der Waals surface area contributed by atoms with Gasteiger partial charge in [-0.1, -0.05) is 18.5 Å². The zero-order chi connectivity index (χ0) is 15.1. The van der Waals surface area contributed by atoms with Crippen molar-refractivity contribution < 1.29 is 14.3 Å². The molecule has 0 atom stereocenters. The number of benzene rings is 1. The molecule has 0 fully saturated rings. The second-order valence-electron chi connectivity index (χ2n) is 4.34. The molecule has 0 bridgehead atoms. The molecule has 2 amide bonds. The van der Waals surface area contributed by atoms with E-state index >= 15 is 0 Å². The molecular weight excluding hydrogens is 280 g/mol. The number of halogens is 1. The lowest BCUT2D eigenvalue weighted by atomic mass is 10.3. The Morgan fingerprint density at radius 2 is 2.10 bits per heavy atom. The van der Waals surface area contributed by atoms with Gasteiger partial charge in [0.1, 0.15) is 5.75 Å². The van der Waals surface area contributed by atoms with Crippen molar-refractivity contribution in [1.29, 1.82) is 0 Å². The van der Waals surface area contributed by atoms with E-state index in [1.54, 1.807) is 18.2 Å². The van der Waals surface area contributed by atoms with Gasteiger partial charge in [-0.3, -0.25) is 9.59 Å². The Kier molecular flexibility index (Phi) is 6.31. The third-order valence-corrected chi connectivity index (χ3v) is 3.00. The van der Waals surface area contributed by atoms with Crippen LogP contribution in [-0.4, -0.2) is 36.9 Å². The molecule has 0 radical (unpaired) electrons. The van der Waals surface area contributed by atoms with Crippen LogP contribution in [-0.2, 0) is 9.59 Å². The average molecular weight is 299 g/mol. The highest BCUT2D eigenvalue weighted by Gasteiger charge is 2.13. The summed E-state index contributed by atoms with van der Waals surface area (Å²) >= 11 is 5.98. The number of methoxy groups -OCH3 is 1. The predicted molar refractivity (Wildman–Crippen MR) is 79.2 cm³/mol. The first-order chi connectivity index (χ1) is 9.47. The minimum absolute atomic E-state index is 0.0345. The first-order valence-corrected chi connectivity index (χ1v) is 6.74. The third kappa shape index (κ3) is 4.74. The van der Waals surface area contributed by atoms with E-state index in [1.165, 1.54) is 18.9 Å². The minimum Gasteiger partial charge on any atom is -0.495 e. The second kappa shape index (κ2) is 7.75. The molecular formula is C14H19ClN2O3. The zero-order valence-electron chi connectivity index (χ0n) is 11.9. The van der Waals surface area contributed by atoms with E-state index < -0.39 is 0 Å². The lowest BCUT2D eigenvalue weighted by molar-refractivity contribution is -0.132. The van der Waals surface area contributed by atoms with Gasteiger partial charge < -0.3 is 15.0 Å². The van der Waals surface area contributed by atoms with Gasteiger partial charge in [0.25, 0.3) is 0 Å². The monoisotopic (exact) mass is 298 g/mol. The van der Waals surface area contributed by atoms with Gasteiger partial charge in [0.05, 0.1) is 18.7 Å². The molecule has 1 aromatic rings. The fraction of sp³-hybridized carbons (Fsp3) is 0.429. The molecule has 0 aliphatic rings. The summed E-state index contributed by atoms with van der Waals surface area (Å²) in [7, 11) is 1.52. The maximum absolute atomic E-state index is 11.9. The largest absolute Gasteiger partial charge is 0.495 e. The number of nitrogens with one attached hydrogen (secondary N) is 1. The highest BCUT2D eigenvalue weighted by atomic mass is 35.5. The van der Waals surface area contributed by atoms with Gasteiger partial charge in [-0.2, -0.15) is 0 Å². The number of amides is 2. The summed E-state index contributed by atoms with van der Waals surface area (Å²) in [5.41, 5.74) is 0.570. The maximum atomic E-state index is 11.9. The van der Waals surface area contributed by atoms with Crippen LogP contribution in [0.1, 0.15) is 20.3 Å². The number of ether oxygens (including phenoxy) is 1. The normalized spacial score (nSPS) is 10.0. The van der Waals surface area contributed by atoms with Crippen molar-refractivity contribution in [3.63, 3.8) is 0 Å². The number of carbonyl (C=O) groups excluding carboxylic acids is 2. The molecule has 0 saturated heterocycles. The summed E-state index contributed by atoms with van der Waals surface area (Å²) in [5, 5.41) is 3.12. The molecule has 0 saturated carbocycles. The summed E-state index contributed by atoms with van der Waals surface area (Å²) in [6, 6.07) is 4.98. The second-order valence-corrected chi connectivity index (χ2v) is 4.75. The summed E-state index contributed by atoms with van der Waals surface area (Å²) in [6.45, 7) is 4.00. The van der Waals surface area contributed by atoms with E-state index in [9.17, 15) is 9.59 Å². The van der Waals surface area contributed by atoms with Gasteiger partial charge in [-0.15, -0.1) is 0 Å². The smallest absolute Gasteiger partial charge is 0.243 e. The Bertz CT molecular complexity index is 491. The molecule has 1 aromatic carbocycles. The van der Waals surface area contributed by atoms with E-state index in [2.05, 4.69) is 5.32 Å². The van der Waals surface area contributed by atoms with Crippen molar-refractivity contribution in [2.75, 3.05) is 25.5 Å². The number of carbonyl (C=O) groups is 2. The highest BCUT2D eigenvalue weighted by Crippen LogP contribution is 2.27. The van der Waals surface area contributed by atoms with Crippen LogP contribution in [0.2, 0.25) is 5.02 Å². The Hall–Kier alpha value is -1.75. The van der Waals surface area contributed by atoms with Crippen molar-refractivity contribution >= 4 is 29.1 Å². The molecule has 0 unspecified atom stereocenters. The van der Waals surface area contributed by atoms with Crippen LogP contribution in [0.15, 0.2) is 18.2 Å². The molecule has 20 heavy (non-hydrogen) atoms. The number of nitrogens with zero attached hydrogens (tertiary/aromatic N) is 1. The van der Waals surface area contributed by atoms with Crippen molar-refractivity contribution in [2.45, 2.75) is 20.3 Å². The van der Waals surface area contributed by atoms with Crippen LogP contribution in [0.3, 0.4) is 0 Å². The quantitative estimate of drug-likeness (QED) is 0.878. The topological polar surface area (TPSA) is 58.6 Å². The van der Waals surface area contributed by atoms with E-state index in [4.69, 9.17) is 16.3 Å². The van der Waals surface area contributed by atoms with Crippen LogP contribution in [0.4, 0.5) is 5.69 Å². The standard InChI is InChI=1S/C14H19ClN2O3/c1-4-7-17(10(2)18)9-14(19)16-11-5-6-13(20-3)12(15)8-11/h5-6,8H,4,7,9H2,1-3H3,(H,16,19). The van der Waals surface area contributed by atoms with Crippen LogP contribution in [0.25, 0.3) is 0 Å². The van der Waals surface area contributed by atoms with E-state index in [0.717, 1.165) is 6.42 Å². The summed E-state index contributed by atoms with van der Waals surface area (Å²) in [5.74, 6) is 0.172. The molecule has 110 valence electrons. The van der Waals surface area contributed by atoms with E-state index in [0.29, 0.717) is 23.0 Å². The van der Waals surface area contributed by atoms with Gasteiger partial charge in [-0.25, -0.2) is 0 Å². The summed E-state index contributed by atoms with van der Waals surface area (Å²) in [4.78, 5) is 24.8. The first kappa shape index (κ1) is 16.3. The number of rotatable bonds is 6. The van der Waals surface area contributed by atoms with Crippen molar-refractivity contribution in [1.82, 2.24) is 4.90 Å². The van der Waals surface area contributed by atoms with Crippen LogP contribution in [0.5, 0.6) is 5.75 Å².